The maximum Gasteiger partial charge on any atom is 0.337 e. The second kappa shape index (κ2) is 9.21. The number of rotatable bonds is 9. The van der Waals surface area contributed by atoms with E-state index in [0.29, 0.717) is 24.0 Å². The molecule has 8 heteroatoms. The predicted octanol–water partition coefficient (Wildman–Crippen LogP) is 4.89. The molecule has 1 heterocycles. The Bertz CT molecular complexity index is 796. The molecule has 0 saturated carbocycles. The zero-order chi connectivity index (χ0) is 20.0. The fraction of sp³-hybridized carbons (Fsp3) is 0.368. The van der Waals surface area contributed by atoms with E-state index in [1.165, 1.54) is 6.07 Å². The molecule has 2 rings (SSSR count). The number of nitrogens with zero attached hydrogens (tertiary/aromatic N) is 2. The summed E-state index contributed by atoms with van der Waals surface area (Å²) in [4.78, 5) is 17.5. The van der Waals surface area contributed by atoms with E-state index >= 15 is 0 Å². The van der Waals surface area contributed by atoms with Gasteiger partial charge in [-0.05, 0) is 30.3 Å². The van der Waals surface area contributed by atoms with E-state index in [2.05, 4.69) is 24.6 Å². The minimum absolute atomic E-state index is 0.0456. The van der Waals surface area contributed by atoms with Crippen LogP contribution in [0.3, 0.4) is 0 Å². The number of hydrogen-bond acceptors (Lipinski definition) is 5. The molecule has 0 saturated heterocycles. The first-order valence-corrected chi connectivity index (χ1v) is 12.7. The van der Waals surface area contributed by atoms with Crippen LogP contribution in [0.15, 0.2) is 36.4 Å². The first-order chi connectivity index (χ1) is 12.7. The van der Waals surface area contributed by atoms with Gasteiger partial charge in [0.05, 0.1) is 10.6 Å². The molecular weight excluding hydrogens is 384 g/mol. The SMILES string of the molecule is CN(c1ccc(Cl)c(C(=O)O)c1)c1cccc(OCOCC[Si](C)(C)C)n1. The van der Waals surface area contributed by atoms with Crippen molar-refractivity contribution >= 4 is 37.1 Å². The molecule has 0 radical (unpaired) electrons. The lowest BCUT2D eigenvalue weighted by atomic mass is 10.2. The van der Waals surface area contributed by atoms with Crippen molar-refractivity contribution in [3.05, 3.63) is 47.0 Å². The number of pyridine rings is 1. The average molecular weight is 409 g/mol. The van der Waals surface area contributed by atoms with Crippen LogP contribution in [0.1, 0.15) is 10.4 Å². The Labute approximate surface area is 165 Å². The van der Waals surface area contributed by atoms with E-state index in [4.69, 9.17) is 21.1 Å². The quantitative estimate of drug-likeness (QED) is 0.361. The van der Waals surface area contributed by atoms with Gasteiger partial charge in [0, 0.05) is 33.5 Å². The molecular formula is C19H25ClN2O4Si. The number of aromatic nitrogens is 1. The van der Waals surface area contributed by atoms with Crippen molar-refractivity contribution in [3.8, 4) is 5.88 Å². The zero-order valence-corrected chi connectivity index (χ0v) is 17.8. The van der Waals surface area contributed by atoms with E-state index in [9.17, 15) is 9.90 Å². The Morgan fingerprint density at radius 2 is 2.00 bits per heavy atom. The summed E-state index contributed by atoms with van der Waals surface area (Å²) in [5.41, 5.74) is 0.706. The Balaban J connectivity index is 2.02. The first kappa shape index (κ1) is 21.2. The highest BCUT2D eigenvalue weighted by atomic mass is 35.5. The van der Waals surface area contributed by atoms with Crippen LogP contribution in [0.4, 0.5) is 11.5 Å². The van der Waals surface area contributed by atoms with Gasteiger partial charge in [-0.25, -0.2) is 4.79 Å². The van der Waals surface area contributed by atoms with Crippen molar-refractivity contribution in [2.24, 2.45) is 0 Å². The topological polar surface area (TPSA) is 71.9 Å². The first-order valence-electron chi connectivity index (χ1n) is 8.61. The third-order valence-electron chi connectivity index (χ3n) is 3.91. The van der Waals surface area contributed by atoms with E-state index in [1.807, 2.05) is 12.1 Å². The van der Waals surface area contributed by atoms with Crippen LogP contribution in [0.25, 0.3) is 0 Å². The van der Waals surface area contributed by atoms with Crippen molar-refractivity contribution in [1.82, 2.24) is 4.98 Å². The van der Waals surface area contributed by atoms with E-state index in [0.717, 1.165) is 6.04 Å². The number of carboxylic acids is 1. The van der Waals surface area contributed by atoms with E-state index in [-0.39, 0.29) is 17.4 Å². The molecule has 1 aromatic carbocycles. The molecule has 2 aromatic rings. The standard InChI is InChI=1S/C19H25ClN2O4Si/c1-22(14-8-9-16(20)15(12-14)19(23)24)17-6-5-7-18(21-17)26-13-25-10-11-27(2,3)4/h5-9,12H,10-11,13H2,1-4H3,(H,23,24). The number of anilines is 2. The summed E-state index contributed by atoms with van der Waals surface area (Å²) >= 11 is 5.93. The van der Waals surface area contributed by atoms with Crippen molar-refractivity contribution in [3.63, 3.8) is 0 Å². The lowest BCUT2D eigenvalue weighted by molar-refractivity contribution is 0.0194. The summed E-state index contributed by atoms with van der Waals surface area (Å²) in [6.07, 6.45) is 0. The average Bonchev–Trinajstić information content (AvgIpc) is 2.60. The molecule has 0 fully saturated rings. The second-order valence-corrected chi connectivity index (χ2v) is 13.4. The normalized spacial score (nSPS) is 11.3. The molecule has 0 bridgehead atoms. The smallest absolute Gasteiger partial charge is 0.337 e. The molecule has 0 spiro atoms. The van der Waals surface area contributed by atoms with E-state index in [1.54, 1.807) is 30.1 Å². The minimum atomic E-state index is -1.12. The number of benzene rings is 1. The lowest BCUT2D eigenvalue weighted by Crippen LogP contribution is -2.22. The lowest BCUT2D eigenvalue weighted by Gasteiger charge is -2.20. The molecule has 1 N–H and O–H groups in total. The van der Waals surface area contributed by atoms with Crippen LogP contribution >= 0.6 is 11.6 Å². The van der Waals surface area contributed by atoms with Crippen LogP contribution in [0, 0.1) is 0 Å². The number of ether oxygens (including phenoxy) is 2. The Morgan fingerprint density at radius 1 is 1.26 bits per heavy atom. The van der Waals surface area contributed by atoms with Crippen LogP contribution in [0.2, 0.25) is 30.7 Å². The van der Waals surface area contributed by atoms with Gasteiger partial charge in [-0.3, -0.25) is 0 Å². The minimum Gasteiger partial charge on any atom is -0.478 e. The molecule has 0 aliphatic heterocycles. The second-order valence-electron chi connectivity index (χ2n) is 7.34. The highest BCUT2D eigenvalue weighted by Gasteiger charge is 2.14. The van der Waals surface area contributed by atoms with Crippen LogP contribution in [-0.2, 0) is 4.74 Å². The van der Waals surface area contributed by atoms with Crippen molar-refractivity contribution in [2.75, 3.05) is 25.3 Å². The van der Waals surface area contributed by atoms with Gasteiger partial charge >= 0.3 is 5.97 Å². The zero-order valence-electron chi connectivity index (χ0n) is 16.0. The third-order valence-corrected chi connectivity index (χ3v) is 5.94. The summed E-state index contributed by atoms with van der Waals surface area (Å²) in [6, 6.07) is 11.3. The summed E-state index contributed by atoms with van der Waals surface area (Å²) in [5, 5.41) is 9.42. The highest BCUT2D eigenvalue weighted by molar-refractivity contribution is 6.76. The van der Waals surface area contributed by atoms with E-state index < -0.39 is 14.0 Å². The summed E-state index contributed by atoms with van der Waals surface area (Å²) in [5.74, 6) is -0.0104. The molecule has 0 amide bonds. The Morgan fingerprint density at radius 3 is 2.67 bits per heavy atom. The maximum atomic E-state index is 11.3. The van der Waals surface area contributed by atoms with Gasteiger partial charge in [0.15, 0.2) is 6.79 Å². The van der Waals surface area contributed by atoms with Gasteiger partial charge in [0.2, 0.25) is 5.88 Å². The number of aromatic carboxylic acids is 1. The molecule has 0 unspecified atom stereocenters. The van der Waals surface area contributed by atoms with Crippen molar-refractivity contribution in [1.29, 1.82) is 0 Å². The predicted molar refractivity (Wildman–Crippen MR) is 110 cm³/mol. The molecule has 146 valence electrons. The Hall–Kier alpha value is -2.09. The molecule has 0 aliphatic rings. The fourth-order valence-electron chi connectivity index (χ4n) is 2.23. The third kappa shape index (κ3) is 6.53. The highest BCUT2D eigenvalue weighted by Crippen LogP contribution is 2.27. The number of carboxylic acid groups (broad SMARTS) is 1. The molecule has 0 aliphatic carbocycles. The monoisotopic (exact) mass is 408 g/mol. The Kier molecular flexibility index (Phi) is 7.23. The van der Waals surface area contributed by atoms with Gasteiger partial charge in [-0.1, -0.05) is 37.3 Å². The summed E-state index contributed by atoms with van der Waals surface area (Å²) < 4.78 is 11.1. The number of hydrogen-bond donors (Lipinski definition) is 1. The van der Waals surface area contributed by atoms with Crippen LogP contribution in [-0.4, -0.2) is 44.6 Å². The van der Waals surface area contributed by atoms with Crippen molar-refractivity contribution in [2.45, 2.75) is 25.7 Å². The largest absolute Gasteiger partial charge is 0.478 e. The maximum absolute atomic E-state index is 11.3. The molecule has 0 atom stereocenters. The van der Waals surface area contributed by atoms with Crippen molar-refractivity contribution < 1.29 is 19.4 Å². The van der Waals surface area contributed by atoms with Gasteiger partial charge in [0.1, 0.15) is 5.82 Å². The number of carbonyl (C=O) groups is 1. The molecule has 6 nitrogen and oxygen atoms in total. The van der Waals surface area contributed by atoms with Gasteiger partial charge < -0.3 is 19.5 Å². The molecule has 1 aromatic heterocycles. The number of halogens is 1. The molecule has 27 heavy (non-hydrogen) atoms. The van der Waals surface area contributed by atoms with Gasteiger partial charge in [-0.2, -0.15) is 4.98 Å². The fourth-order valence-corrected chi connectivity index (χ4v) is 3.18. The van der Waals surface area contributed by atoms with Crippen LogP contribution < -0.4 is 9.64 Å². The van der Waals surface area contributed by atoms with Gasteiger partial charge in [-0.15, -0.1) is 0 Å². The van der Waals surface area contributed by atoms with Gasteiger partial charge in [0.25, 0.3) is 0 Å². The van der Waals surface area contributed by atoms with Crippen LogP contribution in [0.5, 0.6) is 5.88 Å². The summed E-state index contributed by atoms with van der Waals surface area (Å²) in [7, 11) is 0.678. The summed E-state index contributed by atoms with van der Waals surface area (Å²) in [6.45, 7) is 7.71.